The molecule has 596 valence electrons. The van der Waals surface area contributed by atoms with E-state index in [0.29, 0.717) is 0 Å². The molecule has 0 amide bonds. The van der Waals surface area contributed by atoms with Gasteiger partial charge < -0.3 is 27.4 Å². The van der Waals surface area contributed by atoms with Crippen molar-refractivity contribution in [2.75, 3.05) is 0 Å². The third-order valence-corrected chi connectivity index (χ3v) is 29.5. The van der Waals surface area contributed by atoms with E-state index < -0.39 is 0 Å². The van der Waals surface area contributed by atoms with Crippen LogP contribution in [0.4, 0.5) is 0 Å². The van der Waals surface area contributed by atoms with Gasteiger partial charge in [0.2, 0.25) is 0 Å². The summed E-state index contributed by atoms with van der Waals surface area (Å²) in [6, 6.07) is 122. The number of hydrogen-bond acceptors (Lipinski definition) is 4. The van der Waals surface area contributed by atoms with Gasteiger partial charge in [0.05, 0.1) is 66.2 Å². The summed E-state index contributed by atoms with van der Waals surface area (Å²) in [7, 11) is 0. The van der Waals surface area contributed by atoms with Crippen molar-refractivity contribution in [1.29, 1.82) is 0 Å². The number of aromatic nitrogens is 10. The molecule has 10 aromatic heterocycles. The minimum Gasteiger partial charge on any atom is -0.309 e. The molecule has 10 heterocycles. The fourth-order valence-electron chi connectivity index (χ4n) is 24.0. The van der Waals surface area contributed by atoms with Crippen LogP contribution in [0.3, 0.4) is 0 Å². The van der Waals surface area contributed by atoms with E-state index in [1.807, 2.05) is 37.2 Å². The van der Waals surface area contributed by atoms with E-state index in [4.69, 9.17) is 19.9 Å². The number of benzene rings is 18. The van der Waals surface area contributed by atoms with Crippen molar-refractivity contribution in [3.63, 3.8) is 0 Å². The lowest BCUT2D eigenvalue weighted by Gasteiger charge is -2.22. The Morgan fingerprint density at radius 1 is 0.172 bits per heavy atom. The van der Waals surface area contributed by atoms with Crippen molar-refractivity contribution in [1.82, 2.24) is 47.3 Å². The summed E-state index contributed by atoms with van der Waals surface area (Å²) in [4.78, 5) is 18.8. The molecule has 18 aromatic carbocycles. The van der Waals surface area contributed by atoms with E-state index in [1.54, 1.807) is 0 Å². The Balaban J connectivity index is 0.000000128. The number of rotatable bonds is 6. The minimum atomic E-state index is -0.0913. The normalized spacial score (nSPS) is 13.6. The first-order valence-electron chi connectivity index (χ1n) is 44.3. The van der Waals surface area contributed by atoms with Crippen LogP contribution >= 0.6 is 0 Å². The molecule has 2 aliphatic rings. The molecule has 30 rings (SSSR count). The predicted octanol–water partition coefficient (Wildman–Crippen LogP) is 29.9. The zero-order valence-corrected chi connectivity index (χ0v) is 70.3. The summed E-state index contributed by atoms with van der Waals surface area (Å²) in [5.41, 5.74) is 31.7. The maximum atomic E-state index is 4.71. The van der Waals surface area contributed by atoms with Gasteiger partial charge in [0.25, 0.3) is 0 Å². The Kier molecular flexibility index (Phi) is 13.7. The number of hydrogen-bond donors (Lipinski definition) is 0. The lowest BCUT2D eigenvalue weighted by atomic mass is 9.82. The van der Waals surface area contributed by atoms with Crippen molar-refractivity contribution >= 4 is 195 Å². The minimum absolute atomic E-state index is 0.0913. The van der Waals surface area contributed by atoms with Gasteiger partial charge >= 0.3 is 0 Å². The highest BCUT2D eigenvalue weighted by molar-refractivity contribution is 6.40. The van der Waals surface area contributed by atoms with Crippen molar-refractivity contribution in [2.45, 2.75) is 38.5 Å². The van der Waals surface area contributed by atoms with E-state index >= 15 is 0 Å². The number of fused-ring (bicyclic) bond motifs is 28. The molecule has 0 radical (unpaired) electrons. The highest BCUT2D eigenvalue weighted by Gasteiger charge is 2.38. The number of para-hydroxylation sites is 4. The first-order chi connectivity index (χ1) is 63.1. The van der Waals surface area contributed by atoms with Gasteiger partial charge in [0.1, 0.15) is 0 Å². The van der Waals surface area contributed by atoms with Gasteiger partial charge in [0.15, 0.2) is 0 Å². The molecule has 128 heavy (non-hydrogen) atoms. The number of pyridine rings is 4. The highest BCUT2D eigenvalue weighted by Crippen LogP contribution is 2.55. The van der Waals surface area contributed by atoms with E-state index in [-0.39, 0.29) is 10.8 Å². The van der Waals surface area contributed by atoms with Crippen LogP contribution in [-0.4, -0.2) is 47.3 Å². The van der Waals surface area contributed by atoms with Gasteiger partial charge in [-0.3, -0.25) is 19.9 Å². The smallest absolute Gasteiger partial charge is 0.0572 e. The van der Waals surface area contributed by atoms with Crippen LogP contribution in [0, 0.1) is 0 Å². The average Bonchev–Trinajstić information content (AvgIpc) is 1.50. The first-order valence-corrected chi connectivity index (χ1v) is 44.3. The van der Waals surface area contributed by atoms with Gasteiger partial charge in [-0.25, -0.2) is 0 Å². The van der Waals surface area contributed by atoms with Gasteiger partial charge in [-0.15, -0.1) is 0 Å². The molecule has 2 aliphatic carbocycles. The lowest BCUT2D eigenvalue weighted by molar-refractivity contribution is 0.660. The molecule has 28 aromatic rings. The molecule has 0 saturated heterocycles. The maximum Gasteiger partial charge on any atom is 0.0572 e. The molecule has 0 aliphatic heterocycles. The fourth-order valence-corrected chi connectivity index (χ4v) is 24.0. The van der Waals surface area contributed by atoms with E-state index in [0.717, 1.165) is 44.6 Å². The van der Waals surface area contributed by atoms with Crippen molar-refractivity contribution in [3.05, 3.63) is 399 Å². The maximum absolute atomic E-state index is 4.71. The Bertz CT molecular complexity index is 9120. The summed E-state index contributed by atoms with van der Waals surface area (Å²) in [6.07, 6.45) is 15.9. The third-order valence-electron chi connectivity index (χ3n) is 29.5. The Morgan fingerprint density at radius 2 is 0.406 bits per heavy atom. The molecule has 0 bridgehead atoms. The fraction of sp³-hybridized carbons (Fsp3) is 0.0508. The van der Waals surface area contributed by atoms with E-state index in [9.17, 15) is 0 Å². The molecule has 0 saturated carbocycles. The average molecular weight is 1630 g/mol. The molecule has 0 atom stereocenters. The zero-order valence-electron chi connectivity index (χ0n) is 70.3. The van der Waals surface area contributed by atoms with Crippen LogP contribution < -0.4 is 0 Å². The molecular formula is C118H74N10. The summed E-state index contributed by atoms with van der Waals surface area (Å²) < 4.78 is 14.5. The summed E-state index contributed by atoms with van der Waals surface area (Å²) in [5.74, 6) is 0. The third kappa shape index (κ3) is 9.13. The predicted molar refractivity (Wildman–Crippen MR) is 533 cm³/mol. The van der Waals surface area contributed by atoms with Crippen LogP contribution in [0.2, 0.25) is 0 Å². The van der Waals surface area contributed by atoms with Crippen molar-refractivity contribution in [2.24, 2.45) is 0 Å². The summed E-state index contributed by atoms with van der Waals surface area (Å²) in [6.45, 7) is 9.44. The van der Waals surface area contributed by atoms with Crippen molar-refractivity contribution in [3.8, 4) is 56.4 Å². The summed E-state index contributed by atoms with van der Waals surface area (Å²) >= 11 is 0. The van der Waals surface area contributed by atoms with Crippen LogP contribution in [0.25, 0.3) is 252 Å². The monoisotopic (exact) mass is 1630 g/mol. The largest absolute Gasteiger partial charge is 0.309 e. The van der Waals surface area contributed by atoms with Crippen LogP contribution in [0.1, 0.15) is 49.9 Å². The van der Waals surface area contributed by atoms with Crippen molar-refractivity contribution < 1.29 is 0 Å². The zero-order chi connectivity index (χ0) is 84.0. The second-order valence-corrected chi connectivity index (χ2v) is 36.4. The Hall–Kier alpha value is -16.6. The molecular weight excluding hydrogens is 1560 g/mol. The van der Waals surface area contributed by atoms with Gasteiger partial charge in [0, 0.05) is 159 Å². The van der Waals surface area contributed by atoms with Crippen LogP contribution in [0.5, 0.6) is 0 Å². The standard InChI is InChI=1S/C62H36N6.C56H38N4/c1-5-13-51-43(9-1)44-10-2-6-14-52(44)65(51)39-19-23-41(24-20-39)67-55-29-31-63-35-49(55)61-47-27-18-38-34-58-62(48-28-17-37(33-57(61)67)59(47)60(38)48)50-36-64-32-30-56(50)68(58)42-25-21-40(22-26-42)66-53-15-7-3-11-45(53)46-12-4-8-16-54(46)66;1-55(2)43-11-7-5-9-35(43)37-19-15-33(27-45(37)55)59-47-21-23-57-29-41(47)53-39-17-14-32-26-50-54(40-18-13-31(25-49(53)59)51(39)52(32)40)42-30-58-24-22-48(42)60(50)34-16-20-38-36-10-6-8-12-44(36)56(3,4)46(38)28-34/h1-36H;5-30H,1-4H3. The van der Waals surface area contributed by atoms with Gasteiger partial charge in [-0.05, 0) is 255 Å². The SMILES string of the molecule is CC1(C)c2ccccc2-c2ccc(-n3c4ccncc4c4c5ccc6cc7c(c8ccc(cc43)c5c68)c3cnccc3n7-c3ccc4c(c3)C(C)(C)c3ccccc3-4)cc21.c1ccc2c(c1)c1ccccc1n2-c1ccc(-n2c3ccncc3c3c4ccc5cc6c(c7ccc(cc32)c4c57)c2cnccc2n6-c2ccc(-n3c4ccccc4c4ccccc43)cc2)cc1. The van der Waals surface area contributed by atoms with E-state index in [2.05, 4.69) is 395 Å². The van der Waals surface area contributed by atoms with Crippen LogP contribution in [0.15, 0.2) is 377 Å². The van der Waals surface area contributed by atoms with E-state index in [1.165, 1.54) is 230 Å². The molecule has 10 nitrogen and oxygen atoms in total. The first kappa shape index (κ1) is 69.9. The highest BCUT2D eigenvalue weighted by atomic mass is 15.0. The van der Waals surface area contributed by atoms with Gasteiger partial charge in [-0.2, -0.15) is 0 Å². The Morgan fingerprint density at radius 3 is 0.703 bits per heavy atom. The molecule has 0 unspecified atom stereocenters. The second-order valence-electron chi connectivity index (χ2n) is 36.4. The molecule has 10 heteroatoms. The molecule has 0 N–H and O–H groups in total. The topological polar surface area (TPSA) is 81.1 Å². The second kappa shape index (κ2) is 25.1. The lowest BCUT2D eigenvalue weighted by Crippen LogP contribution is -2.15. The molecule has 0 fully saturated rings. The summed E-state index contributed by atoms with van der Waals surface area (Å²) in [5, 5.41) is 29.6. The quantitative estimate of drug-likeness (QED) is 0.155. The molecule has 0 spiro atoms. The van der Waals surface area contributed by atoms with Crippen LogP contribution in [-0.2, 0) is 10.8 Å². The number of nitrogens with zero attached hydrogens (tertiary/aromatic N) is 10. The Labute approximate surface area is 732 Å². The van der Waals surface area contributed by atoms with Gasteiger partial charge in [-0.1, -0.05) is 210 Å².